The van der Waals surface area contributed by atoms with Crippen LogP contribution in [-0.4, -0.2) is 41.9 Å². The molecule has 2 aromatic rings. The molecule has 2 aromatic carbocycles. The van der Waals surface area contributed by atoms with Gasteiger partial charge in [0.25, 0.3) is 5.91 Å². The SMILES string of the molecule is CCN(CC)CCCCN(Cc1cc(F)cc(F)c1)C(=O)c1cc(C)cc(C)c1. The van der Waals surface area contributed by atoms with Gasteiger partial charge in [-0.2, -0.15) is 0 Å². The zero-order chi connectivity index (χ0) is 21.4. The van der Waals surface area contributed by atoms with Crippen LogP contribution >= 0.6 is 0 Å². The molecule has 0 aliphatic heterocycles. The molecule has 0 N–H and O–H groups in total. The highest BCUT2D eigenvalue weighted by Gasteiger charge is 2.17. The summed E-state index contributed by atoms with van der Waals surface area (Å²) in [6.45, 7) is 11.9. The molecule has 0 heterocycles. The number of hydrogen-bond acceptors (Lipinski definition) is 2. The van der Waals surface area contributed by atoms with Crippen molar-refractivity contribution in [3.05, 3.63) is 70.3 Å². The van der Waals surface area contributed by atoms with Crippen molar-refractivity contribution in [1.29, 1.82) is 0 Å². The van der Waals surface area contributed by atoms with Gasteiger partial charge in [0.15, 0.2) is 0 Å². The summed E-state index contributed by atoms with van der Waals surface area (Å²) in [7, 11) is 0. The van der Waals surface area contributed by atoms with E-state index in [-0.39, 0.29) is 12.5 Å². The third-order valence-electron chi connectivity index (χ3n) is 5.10. The molecule has 0 bridgehead atoms. The van der Waals surface area contributed by atoms with Crippen LogP contribution in [0.2, 0.25) is 0 Å². The van der Waals surface area contributed by atoms with Gasteiger partial charge in [0.05, 0.1) is 0 Å². The lowest BCUT2D eigenvalue weighted by atomic mass is 10.1. The van der Waals surface area contributed by atoms with Crippen molar-refractivity contribution in [3.63, 3.8) is 0 Å². The van der Waals surface area contributed by atoms with E-state index in [1.54, 1.807) is 4.90 Å². The van der Waals surface area contributed by atoms with Crippen LogP contribution in [-0.2, 0) is 6.54 Å². The van der Waals surface area contributed by atoms with Gasteiger partial charge in [-0.25, -0.2) is 8.78 Å². The fourth-order valence-corrected chi connectivity index (χ4v) is 3.63. The molecule has 0 atom stereocenters. The van der Waals surface area contributed by atoms with Crippen molar-refractivity contribution in [2.45, 2.75) is 47.1 Å². The molecule has 5 heteroatoms. The van der Waals surface area contributed by atoms with Crippen molar-refractivity contribution in [2.24, 2.45) is 0 Å². The Balaban J connectivity index is 2.16. The van der Waals surface area contributed by atoms with Crippen molar-refractivity contribution in [1.82, 2.24) is 9.80 Å². The fourth-order valence-electron chi connectivity index (χ4n) is 3.63. The molecule has 2 rings (SSSR count). The highest BCUT2D eigenvalue weighted by Crippen LogP contribution is 2.16. The zero-order valence-electron chi connectivity index (χ0n) is 18.0. The molecule has 29 heavy (non-hydrogen) atoms. The predicted octanol–water partition coefficient (Wildman–Crippen LogP) is 5.35. The van der Waals surface area contributed by atoms with E-state index in [0.717, 1.165) is 49.7 Å². The van der Waals surface area contributed by atoms with Gasteiger partial charge < -0.3 is 9.80 Å². The van der Waals surface area contributed by atoms with E-state index >= 15 is 0 Å². The second-order valence-electron chi connectivity index (χ2n) is 7.61. The number of rotatable bonds is 10. The van der Waals surface area contributed by atoms with Crippen LogP contribution in [0.3, 0.4) is 0 Å². The Bertz CT molecular complexity index is 778. The lowest BCUT2D eigenvalue weighted by Gasteiger charge is -2.24. The lowest BCUT2D eigenvalue weighted by molar-refractivity contribution is 0.0738. The van der Waals surface area contributed by atoms with Crippen molar-refractivity contribution < 1.29 is 13.6 Å². The third kappa shape index (κ3) is 7.24. The Hall–Kier alpha value is -2.27. The van der Waals surface area contributed by atoms with Gasteiger partial charge in [0, 0.05) is 24.7 Å². The monoisotopic (exact) mass is 402 g/mol. The maximum Gasteiger partial charge on any atom is 0.254 e. The van der Waals surface area contributed by atoms with Gasteiger partial charge >= 0.3 is 0 Å². The van der Waals surface area contributed by atoms with E-state index in [0.29, 0.717) is 17.7 Å². The van der Waals surface area contributed by atoms with Gasteiger partial charge in [-0.3, -0.25) is 4.79 Å². The number of carbonyl (C=O) groups excluding carboxylic acids is 1. The standard InChI is InChI=1S/C24H32F2N2O/c1-5-27(6-2)9-7-8-10-28(17-20-14-22(25)16-23(26)15-20)24(29)21-12-18(3)11-19(4)13-21/h11-16H,5-10,17H2,1-4H3. The summed E-state index contributed by atoms with van der Waals surface area (Å²) in [6, 6.07) is 9.19. The van der Waals surface area contributed by atoms with Crippen LogP contribution < -0.4 is 0 Å². The lowest BCUT2D eigenvalue weighted by Crippen LogP contribution is -2.32. The first kappa shape index (κ1) is 23.0. The molecule has 0 unspecified atom stereocenters. The van der Waals surface area contributed by atoms with E-state index < -0.39 is 11.6 Å². The summed E-state index contributed by atoms with van der Waals surface area (Å²) in [6.07, 6.45) is 1.81. The highest BCUT2D eigenvalue weighted by atomic mass is 19.1. The molecule has 0 radical (unpaired) electrons. The molecular weight excluding hydrogens is 370 g/mol. The Kier molecular flexibility index (Phi) is 8.77. The molecular formula is C24H32F2N2O. The third-order valence-corrected chi connectivity index (χ3v) is 5.10. The second kappa shape index (κ2) is 11.1. The van der Waals surface area contributed by atoms with Crippen LogP contribution in [0.25, 0.3) is 0 Å². The van der Waals surface area contributed by atoms with E-state index in [4.69, 9.17) is 0 Å². The van der Waals surface area contributed by atoms with Crippen molar-refractivity contribution in [2.75, 3.05) is 26.2 Å². The van der Waals surface area contributed by atoms with Crippen molar-refractivity contribution in [3.8, 4) is 0 Å². The highest BCUT2D eigenvalue weighted by molar-refractivity contribution is 5.94. The molecule has 0 aliphatic rings. The summed E-state index contributed by atoms with van der Waals surface area (Å²) < 4.78 is 27.3. The average Bonchev–Trinajstić information content (AvgIpc) is 2.65. The van der Waals surface area contributed by atoms with Gasteiger partial charge in [-0.1, -0.05) is 31.0 Å². The smallest absolute Gasteiger partial charge is 0.254 e. The number of nitrogens with zero attached hydrogens (tertiary/aromatic N) is 2. The largest absolute Gasteiger partial charge is 0.334 e. The molecule has 0 saturated carbocycles. The quantitative estimate of drug-likeness (QED) is 0.501. The summed E-state index contributed by atoms with van der Waals surface area (Å²) >= 11 is 0. The fraction of sp³-hybridized carbons (Fsp3) is 0.458. The summed E-state index contributed by atoms with van der Waals surface area (Å²) in [5.41, 5.74) is 3.12. The Morgan fingerprint density at radius 3 is 1.93 bits per heavy atom. The summed E-state index contributed by atoms with van der Waals surface area (Å²) in [5.74, 6) is -1.36. The van der Waals surface area contributed by atoms with Crippen LogP contribution in [0.5, 0.6) is 0 Å². The first-order valence-corrected chi connectivity index (χ1v) is 10.4. The number of unbranched alkanes of at least 4 members (excludes halogenated alkanes) is 1. The molecule has 158 valence electrons. The Morgan fingerprint density at radius 2 is 1.38 bits per heavy atom. The molecule has 0 aliphatic carbocycles. The maximum absolute atomic E-state index is 13.6. The molecule has 3 nitrogen and oxygen atoms in total. The molecule has 0 fully saturated rings. The van der Waals surface area contributed by atoms with E-state index in [2.05, 4.69) is 18.7 Å². The Morgan fingerprint density at radius 1 is 0.828 bits per heavy atom. The van der Waals surface area contributed by atoms with Gasteiger partial charge in [-0.15, -0.1) is 0 Å². The average molecular weight is 403 g/mol. The molecule has 0 spiro atoms. The second-order valence-corrected chi connectivity index (χ2v) is 7.61. The number of halogens is 2. The van der Waals surface area contributed by atoms with Crippen LogP contribution in [0, 0.1) is 25.5 Å². The summed E-state index contributed by atoms with van der Waals surface area (Å²) in [5, 5.41) is 0. The van der Waals surface area contributed by atoms with Gasteiger partial charge in [0.2, 0.25) is 0 Å². The minimum atomic E-state index is -0.625. The number of carbonyl (C=O) groups is 1. The zero-order valence-corrected chi connectivity index (χ0v) is 18.0. The van der Waals surface area contributed by atoms with E-state index in [1.165, 1.54) is 12.1 Å². The first-order chi connectivity index (χ1) is 13.8. The first-order valence-electron chi connectivity index (χ1n) is 10.4. The maximum atomic E-state index is 13.6. The molecule has 0 aromatic heterocycles. The van der Waals surface area contributed by atoms with Crippen LogP contribution in [0.4, 0.5) is 8.78 Å². The minimum Gasteiger partial charge on any atom is -0.334 e. The van der Waals surface area contributed by atoms with E-state index in [1.807, 2.05) is 32.0 Å². The van der Waals surface area contributed by atoms with Crippen LogP contribution in [0.1, 0.15) is 53.7 Å². The molecule has 0 saturated heterocycles. The van der Waals surface area contributed by atoms with Gasteiger partial charge in [-0.05, 0) is 76.2 Å². The topological polar surface area (TPSA) is 23.6 Å². The Labute approximate surface area is 173 Å². The number of aryl methyl sites for hydroxylation is 2. The molecule has 1 amide bonds. The number of amides is 1. The normalized spacial score (nSPS) is 11.1. The summed E-state index contributed by atoms with van der Waals surface area (Å²) in [4.78, 5) is 17.2. The minimum absolute atomic E-state index is 0.107. The van der Waals surface area contributed by atoms with Gasteiger partial charge in [0.1, 0.15) is 11.6 Å². The number of benzene rings is 2. The predicted molar refractivity (Wildman–Crippen MR) is 114 cm³/mol. The van der Waals surface area contributed by atoms with E-state index in [9.17, 15) is 13.6 Å². The van der Waals surface area contributed by atoms with Crippen LogP contribution in [0.15, 0.2) is 36.4 Å². The van der Waals surface area contributed by atoms with Crippen molar-refractivity contribution >= 4 is 5.91 Å². The number of hydrogen-bond donors (Lipinski definition) is 0.